The summed E-state index contributed by atoms with van der Waals surface area (Å²) >= 11 is 3.26. The molecule has 318 valence electrons. The molecule has 4 atom stereocenters. The minimum absolute atomic E-state index is 0.172. The van der Waals surface area contributed by atoms with Crippen molar-refractivity contribution in [3.8, 4) is 6.07 Å². The number of alkyl halides is 6. The van der Waals surface area contributed by atoms with Crippen LogP contribution >= 0.6 is 15.9 Å². The fraction of sp³-hybridized carbons (Fsp3) is 0.390. The lowest BCUT2D eigenvalue weighted by atomic mass is 9.68. The molecule has 4 aromatic carbocycles. The third kappa shape index (κ3) is 11.8. The second kappa shape index (κ2) is 18.2. The van der Waals surface area contributed by atoms with E-state index < -0.39 is 57.6 Å². The number of sulfonamides is 2. The molecule has 4 aromatic rings. The zero-order valence-corrected chi connectivity index (χ0v) is 35.7. The molecule has 0 amide bonds. The molecule has 0 saturated heterocycles. The van der Waals surface area contributed by atoms with Crippen molar-refractivity contribution in [3.63, 3.8) is 0 Å². The van der Waals surface area contributed by atoms with E-state index in [1.54, 1.807) is 62.4 Å². The molecule has 9 nitrogen and oxygen atoms in total. The molecule has 0 heterocycles. The van der Waals surface area contributed by atoms with E-state index in [1.165, 1.54) is 38.1 Å². The SMILES string of the molecule is Cc1cc(CC2CCC2Cc2cc(C)c(S(=O)(=O)NC(CNc3cccc(C#N)c3)C(F)(F)F)c(C)c2)cc(C)c1S(=O)(=O)NC(CNc1cccc(Br)c1)C(F)(F)F. The molecule has 4 unspecified atom stereocenters. The van der Waals surface area contributed by atoms with Crippen LogP contribution in [0.2, 0.25) is 0 Å². The van der Waals surface area contributed by atoms with E-state index in [2.05, 4.69) is 26.6 Å². The lowest BCUT2D eigenvalue weighted by Gasteiger charge is -2.37. The number of rotatable bonds is 16. The van der Waals surface area contributed by atoms with Crippen LogP contribution in [0.15, 0.2) is 87.1 Å². The van der Waals surface area contributed by atoms with Crippen LogP contribution in [0, 0.1) is 50.9 Å². The Bertz CT molecular complexity index is 2390. The van der Waals surface area contributed by atoms with Crippen molar-refractivity contribution in [3.05, 3.63) is 116 Å². The van der Waals surface area contributed by atoms with Gasteiger partial charge in [0.05, 0.1) is 21.4 Å². The van der Waals surface area contributed by atoms with Crippen LogP contribution in [0.1, 0.15) is 51.8 Å². The van der Waals surface area contributed by atoms with E-state index in [4.69, 9.17) is 5.26 Å². The molecule has 1 saturated carbocycles. The number of hydrogen-bond acceptors (Lipinski definition) is 7. The first-order valence-electron chi connectivity index (χ1n) is 18.6. The number of anilines is 2. The summed E-state index contributed by atoms with van der Waals surface area (Å²) in [5, 5.41) is 14.3. The monoisotopic (exact) mass is 927 g/mol. The summed E-state index contributed by atoms with van der Waals surface area (Å²) < 4.78 is 142. The topological polar surface area (TPSA) is 140 Å². The molecule has 4 N–H and O–H groups in total. The van der Waals surface area contributed by atoms with Gasteiger partial charge in [0.2, 0.25) is 20.0 Å². The highest BCUT2D eigenvalue weighted by Crippen LogP contribution is 2.40. The average Bonchev–Trinajstić information content (AvgIpc) is 3.11. The summed E-state index contributed by atoms with van der Waals surface area (Å²) in [6, 6.07) is 16.0. The van der Waals surface area contributed by atoms with Gasteiger partial charge in [-0.2, -0.15) is 41.0 Å². The van der Waals surface area contributed by atoms with Crippen molar-refractivity contribution in [1.82, 2.24) is 9.44 Å². The van der Waals surface area contributed by atoms with Gasteiger partial charge in [-0.3, -0.25) is 0 Å². The summed E-state index contributed by atoms with van der Waals surface area (Å²) in [4.78, 5) is -0.466. The third-order valence-corrected chi connectivity index (χ3v) is 14.4. The number of nitrogens with zero attached hydrogens (tertiary/aromatic N) is 1. The van der Waals surface area contributed by atoms with Gasteiger partial charge >= 0.3 is 12.4 Å². The molecule has 18 heteroatoms. The molecular formula is C41H44BrF6N5O4S2. The Morgan fingerprint density at radius 2 is 1.05 bits per heavy atom. The highest BCUT2D eigenvalue weighted by Gasteiger charge is 2.44. The lowest BCUT2D eigenvalue weighted by molar-refractivity contribution is -0.148. The highest BCUT2D eigenvalue weighted by molar-refractivity contribution is 9.10. The molecule has 0 radical (unpaired) electrons. The molecule has 0 aliphatic heterocycles. The number of benzene rings is 4. The van der Waals surface area contributed by atoms with E-state index in [9.17, 15) is 43.2 Å². The number of aryl methyl sites for hydroxylation is 4. The zero-order valence-electron chi connectivity index (χ0n) is 32.5. The van der Waals surface area contributed by atoms with Crippen molar-refractivity contribution < 1.29 is 43.2 Å². The predicted octanol–water partition coefficient (Wildman–Crippen LogP) is 9.01. The zero-order chi connectivity index (χ0) is 43.5. The van der Waals surface area contributed by atoms with Crippen LogP contribution in [-0.4, -0.2) is 54.4 Å². The number of nitrogens with one attached hydrogen (secondary N) is 4. The first kappa shape index (κ1) is 45.9. The predicted molar refractivity (Wildman–Crippen MR) is 218 cm³/mol. The van der Waals surface area contributed by atoms with Crippen LogP contribution < -0.4 is 20.1 Å². The molecule has 0 aromatic heterocycles. The van der Waals surface area contributed by atoms with Gasteiger partial charge in [-0.25, -0.2) is 16.8 Å². The second-order valence-electron chi connectivity index (χ2n) is 15.0. The quantitative estimate of drug-likeness (QED) is 0.0823. The Morgan fingerprint density at radius 1 is 0.661 bits per heavy atom. The Kier molecular flexibility index (Phi) is 14.2. The van der Waals surface area contributed by atoms with Gasteiger partial charge in [0, 0.05) is 28.9 Å². The minimum Gasteiger partial charge on any atom is -0.383 e. The van der Waals surface area contributed by atoms with E-state index in [0.717, 1.165) is 24.0 Å². The smallest absolute Gasteiger partial charge is 0.383 e. The second-order valence-corrected chi connectivity index (χ2v) is 19.2. The molecule has 1 aliphatic rings. The molecule has 0 bridgehead atoms. The molecule has 1 fully saturated rings. The van der Waals surface area contributed by atoms with E-state index in [-0.39, 0.29) is 44.0 Å². The van der Waals surface area contributed by atoms with Gasteiger partial charge in [0.15, 0.2) is 0 Å². The minimum atomic E-state index is -4.93. The number of hydrogen-bond donors (Lipinski definition) is 4. The largest absolute Gasteiger partial charge is 0.406 e. The molecule has 0 spiro atoms. The third-order valence-electron chi connectivity index (χ3n) is 10.4. The van der Waals surface area contributed by atoms with Crippen LogP contribution in [0.5, 0.6) is 0 Å². The van der Waals surface area contributed by atoms with E-state index >= 15 is 0 Å². The van der Waals surface area contributed by atoms with Gasteiger partial charge in [-0.05, 0) is 135 Å². The first-order chi connectivity index (χ1) is 27.5. The summed E-state index contributed by atoms with van der Waals surface area (Å²) in [6.45, 7) is 4.61. The fourth-order valence-corrected chi connectivity index (χ4v) is 11.4. The summed E-state index contributed by atoms with van der Waals surface area (Å²) in [7, 11) is -9.23. The van der Waals surface area contributed by atoms with Crippen LogP contribution in [0.3, 0.4) is 0 Å². The summed E-state index contributed by atoms with van der Waals surface area (Å²) in [5.74, 6) is 0.346. The van der Waals surface area contributed by atoms with Gasteiger partial charge < -0.3 is 10.6 Å². The maximum atomic E-state index is 14.1. The first-order valence-corrected chi connectivity index (χ1v) is 22.3. The molecule has 59 heavy (non-hydrogen) atoms. The Hall–Kier alpha value is -4.15. The van der Waals surface area contributed by atoms with Crippen LogP contribution in [0.4, 0.5) is 37.7 Å². The van der Waals surface area contributed by atoms with Gasteiger partial charge in [-0.15, -0.1) is 0 Å². The van der Waals surface area contributed by atoms with Crippen molar-refractivity contribution in [1.29, 1.82) is 5.26 Å². The van der Waals surface area contributed by atoms with Crippen molar-refractivity contribution in [2.45, 2.75) is 87.6 Å². The fourth-order valence-electron chi connectivity index (χ4n) is 7.62. The van der Waals surface area contributed by atoms with Crippen LogP contribution in [-0.2, 0) is 32.9 Å². The molecular weight excluding hydrogens is 885 g/mol. The lowest BCUT2D eigenvalue weighted by Crippen LogP contribution is -2.49. The number of nitriles is 1. The maximum absolute atomic E-state index is 14.1. The Morgan fingerprint density at radius 3 is 1.41 bits per heavy atom. The maximum Gasteiger partial charge on any atom is 0.406 e. The summed E-state index contributed by atoms with van der Waals surface area (Å²) in [5.41, 5.74) is 3.65. The van der Waals surface area contributed by atoms with Crippen molar-refractivity contribution in [2.75, 3.05) is 23.7 Å². The normalized spacial score (nSPS) is 17.1. The van der Waals surface area contributed by atoms with Gasteiger partial charge in [-0.1, -0.05) is 52.3 Å². The van der Waals surface area contributed by atoms with Gasteiger partial charge in [0.1, 0.15) is 12.1 Å². The van der Waals surface area contributed by atoms with Crippen molar-refractivity contribution in [2.24, 2.45) is 11.8 Å². The van der Waals surface area contributed by atoms with Crippen molar-refractivity contribution >= 4 is 47.4 Å². The van der Waals surface area contributed by atoms with E-state index in [0.29, 0.717) is 34.1 Å². The Labute approximate surface area is 349 Å². The van der Waals surface area contributed by atoms with E-state index in [1.807, 2.05) is 15.5 Å². The molecule has 5 rings (SSSR count). The van der Waals surface area contributed by atoms with Gasteiger partial charge in [0.25, 0.3) is 0 Å². The Balaban J connectivity index is 1.25. The standard InChI is InChI=1S/C41H44BrF6N5O4S2/c1-24-13-29(14-25(2)38(24)58(54,55)52-36(40(43,44)45)22-50-34-9-5-7-28(19-34)21-49)17-31-11-12-32(31)18-30-15-26(3)39(27(4)16-30)59(56,57)53-37(41(46,47)48)23-51-35-10-6-8-33(42)20-35/h5-10,13-16,19-20,31-32,36-37,50-53H,11-12,17-18,22-23H2,1-4H3. The summed E-state index contributed by atoms with van der Waals surface area (Å²) in [6.07, 6.45) is -6.93. The van der Waals surface area contributed by atoms with Crippen LogP contribution in [0.25, 0.3) is 0 Å². The highest BCUT2D eigenvalue weighted by atomic mass is 79.9. The number of halogens is 7. The average molecular weight is 929 g/mol. The molecule has 1 aliphatic carbocycles.